The number of pyridine rings is 1. The van der Waals surface area contributed by atoms with Gasteiger partial charge in [0, 0.05) is 57.2 Å². The van der Waals surface area contributed by atoms with Gasteiger partial charge < -0.3 is 15.0 Å². The molecule has 166 valence electrons. The third-order valence-electron chi connectivity index (χ3n) is 5.77. The lowest BCUT2D eigenvalue weighted by Gasteiger charge is -2.36. The number of benzene rings is 2. The predicted octanol–water partition coefficient (Wildman–Crippen LogP) is 3.77. The molecule has 6 heteroatoms. The molecule has 1 aliphatic rings. The molecule has 3 aromatic rings. The molecule has 0 radical (unpaired) electrons. The Morgan fingerprint density at radius 3 is 2.31 bits per heavy atom. The van der Waals surface area contributed by atoms with Crippen molar-refractivity contribution in [2.75, 3.05) is 44.2 Å². The molecule has 0 saturated carbocycles. The Labute approximate surface area is 189 Å². The lowest BCUT2D eigenvalue weighted by Crippen LogP contribution is -2.48. The van der Waals surface area contributed by atoms with Crippen molar-refractivity contribution in [3.8, 4) is 5.88 Å². The lowest BCUT2D eigenvalue weighted by atomic mass is 10.1. The third-order valence-corrected chi connectivity index (χ3v) is 5.77. The summed E-state index contributed by atoms with van der Waals surface area (Å²) in [6.07, 6.45) is 1.46. The van der Waals surface area contributed by atoms with E-state index in [1.165, 1.54) is 5.69 Å². The van der Waals surface area contributed by atoms with Crippen LogP contribution in [0.25, 0.3) is 0 Å². The van der Waals surface area contributed by atoms with Gasteiger partial charge in [-0.3, -0.25) is 9.69 Å². The molecule has 1 saturated heterocycles. The zero-order chi connectivity index (χ0) is 22.2. The molecular weight excluding hydrogens is 400 g/mol. The number of piperazine rings is 1. The van der Waals surface area contributed by atoms with Crippen molar-refractivity contribution in [3.05, 3.63) is 90.1 Å². The smallest absolute Gasteiger partial charge is 0.252 e. The fraction of sp³-hybridized carbons (Fsp3) is 0.308. The van der Waals surface area contributed by atoms with Crippen molar-refractivity contribution in [1.82, 2.24) is 15.2 Å². The van der Waals surface area contributed by atoms with E-state index in [0.717, 1.165) is 38.3 Å². The summed E-state index contributed by atoms with van der Waals surface area (Å²) in [4.78, 5) is 21.6. The second-order valence-electron chi connectivity index (χ2n) is 7.98. The number of carbonyl (C=O) groups is 1. The average Bonchev–Trinajstić information content (AvgIpc) is 2.86. The Hall–Kier alpha value is -3.38. The van der Waals surface area contributed by atoms with Crippen LogP contribution in [0, 0.1) is 0 Å². The van der Waals surface area contributed by atoms with Crippen molar-refractivity contribution >= 4 is 11.6 Å². The van der Waals surface area contributed by atoms with Gasteiger partial charge in [-0.05, 0) is 30.7 Å². The highest BCUT2D eigenvalue weighted by Gasteiger charge is 2.17. The Morgan fingerprint density at radius 2 is 1.66 bits per heavy atom. The normalized spacial score (nSPS) is 15.2. The maximum Gasteiger partial charge on any atom is 0.252 e. The number of nitrogens with zero attached hydrogens (tertiary/aromatic N) is 3. The van der Waals surface area contributed by atoms with Crippen LogP contribution in [0.2, 0.25) is 0 Å². The molecule has 4 rings (SSSR count). The van der Waals surface area contributed by atoms with Gasteiger partial charge >= 0.3 is 0 Å². The van der Waals surface area contributed by atoms with Crippen LogP contribution >= 0.6 is 0 Å². The second kappa shape index (κ2) is 10.8. The van der Waals surface area contributed by atoms with Crippen LogP contribution in [0.4, 0.5) is 5.69 Å². The quantitative estimate of drug-likeness (QED) is 0.590. The molecule has 1 aliphatic heterocycles. The summed E-state index contributed by atoms with van der Waals surface area (Å²) in [6.45, 7) is 7.45. The topological polar surface area (TPSA) is 57.7 Å². The van der Waals surface area contributed by atoms with Gasteiger partial charge in [0.25, 0.3) is 5.91 Å². The first kappa shape index (κ1) is 21.8. The highest BCUT2D eigenvalue weighted by molar-refractivity contribution is 5.93. The van der Waals surface area contributed by atoms with Gasteiger partial charge in [-0.1, -0.05) is 48.5 Å². The van der Waals surface area contributed by atoms with Gasteiger partial charge in [-0.15, -0.1) is 0 Å². The van der Waals surface area contributed by atoms with Gasteiger partial charge in [0.05, 0.1) is 5.56 Å². The van der Waals surface area contributed by atoms with Crippen LogP contribution < -0.4 is 15.0 Å². The number of hydrogen-bond donors (Lipinski definition) is 1. The van der Waals surface area contributed by atoms with Crippen molar-refractivity contribution in [3.63, 3.8) is 0 Å². The molecule has 6 nitrogen and oxygen atoms in total. The molecule has 0 spiro atoms. The number of carbonyl (C=O) groups excluding carboxylic acids is 1. The molecule has 0 aliphatic carbocycles. The Morgan fingerprint density at radius 1 is 0.969 bits per heavy atom. The predicted molar refractivity (Wildman–Crippen MR) is 127 cm³/mol. The second-order valence-corrected chi connectivity index (χ2v) is 7.98. The van der Waals surface area contributed by atoms with E-state index < -0.39 is 0 Å². The average molecular weight is 431 g/mol. The highest BCUT2D eigenvalue weighted by Crippen LogP contribution is 2.20. The molecule has 1 unspecified atom stereocenters. The zero-order valence-electron chi connectivity index (χ0n) is 18.5. The van der Waals surface area contributed by atoms with Crippen LogP contribution in [-0.2, 0) is 0 Å². The molecule has 1 amide bonds. The SMILES string of the molecule is CC(Oc1ccc(C(=O)NCCN2CCN(c3ccccc3)CC2)cn1)c1ccccc1. The number of ether oxygens (including phenoxy) is 1. The van der Waals surface area contributed by atoms with Gasteiger partial charge in [0.1, 0.15) is 6.10 Å². The van der Waals surface area contributed by atoms with Crippen molar-refractivity contribution < 1.29 is 9.53 Å². The molecule has 1 aromatic heterocycles. The van der Waals surface area contributed by atoms with E-state index in [-0.39, 0.29) is 12.0 Å². The molecule has 0 bridgehead atoms. The van der Waals surface area contributed by atoms with Gasteiger partial charge in [-0.25, -0.2) is 4.98 Å². The largest absolute Gasteiger partial charge is 0.470 e. The van der Waals surface area contributed by atoms with Crippen molar-refractivity contribution in [2.24, 2.45) is 0 Å². The van der Waals surface area contributed by atoms with Gasteiger partial charge in [0.15, 0.2) is 0 Å². The summed E-state index contributed by atoms with van der Waals surface area (Å²) < 4.78 is 5.88. The minimum absolute atomic E-state index is 0.106. The number of nitrogens with one attached hydrogen (secondary N) is 1. The highest BCUT2D eigenvalue weighted by atomic mass is 16.5. The van der Waals surface area contributed by atoms with Crippen LogP contribution in [0.15, 0.2) is 79.0 Å². The van der Waals surface area contributed by atoms with E-state index in [9.17, 15) is 4.79 Å². The minimum Gasteiger partial charge on any atom is -0.470 e. The van der Waals surface area contributed by atoms with Crippen molar-refractivity contribution in [1.29, 1.82) is 0 Å². The molecule has 1 fully saturated rings. The summed E-state index contributed by atoms with van der Waals surface area (Å²) in [5.74, 6) is 0.400. The monoisotopic (exact) mass is 430 g/mol. The maximum atomic E-state index is 12.5. The van der Waals surface area contributed by atoms with E-state index in [2.05, 4.69) is 44.4 Å². The first-order chi connectivity index (χ1) is 15.7. The Kier molecular flexibility index (Phi) is 7.35. The molecule has 1 N–H and O–H groups in total. The third kappa shape index (κ3) is 5.86. The number of aromatic nitrogens is 1. The van der Waals surface area contributed by atoms with Crippen molar-refractivity contribution in [2.45, 2.75) is 13.0 Å². The van der Waals surface area contributed by atoms with Gasteiger partial charge in [0.2, 0.25) is 5.88 Å². The number of amides is 1. The number of anilines is 1. The Bertz CT molecular complexity index is 972. The Balaban J connectivity index is 1.18. The van der Waals surface area contributed by atoms with E-state index in [1.807, 2.05) is 43.3 Å². The molecule has 2 heterocycles. The maximum absolute atomic E-state index is 12.5. The first-order valence-electron chi connectivity index (χ1n) is 11.2. The molecular formula is C26H30N4O2. The standard InChI is InChI=1S/C26H30N4O2/c1-21(22-8-4-2-5-9-22)32-25-13-12-23(20-28-25)26(31)27-14-15-29-16-18-30(19-17-29)24-10-6-3-7-11-24/h2-13,20-21H,14-19H2,1H3,(H,27,31). The van der Waals surface area contributed by atoms with Gasteiger partial charge in [-0.2, -0.15) is 0 Å². The number of hydrogen-bond acceptors (Lipinski definition) is 5. The van der Waals surface area contributed by atoms with Crippen LogP contribution in [-0.4, -0.2) is 55.1 Å². The van der Waals surface area contributed by atoms with Crippen LogP contribution in [0.1, 0.15) is 28.9 Å². The van der Waals surface area contributed by atoms with Crippen LogP contribution in [0.3, 0.4) is 0 Å². The summed E-state index contributed by atoms with van der Waals surface area (Å²) >= 11 is 0. The fourth-order valence-electron chi connectivity index (χ4n) is 3.86. The summed E-state index contributed by atoms with van der Waals surface area (Å²) in [7, 11) is 0. The molecule has 1 atom stereocenters. The molecule has 32 heavy (non-hydrogen) atoms. The number of para-hydroxylation sites is 1. The number of rotatable bonds is 8. The fourth-order valence-corrected chi connectivity index (χ4v) is 3.86. The first-order valence-corrected chi connectivity index (χ1v) is 11.2. The van der Waals surface area contributed by atoms with E-state index in [4.69, 9.17) is 4.74 Å². The minimum atomic E-state index is -0.108. The van der Waals surface area contributed by atoms with E-state index >= 15 is 0 Å². The lowest BCUT2D eigenvalue weighted by molar-refractivity contribution is 0.0947. The zero-order valence-corrected chi connectivity index (χ0v) is 18.5. The summed E-state index contributed by atoms with van der Waals surface area (Å²) in [5, 5.41) is 3.00. The summed E-state index contributed by atoms with van der Waals surface area (Å²) in [5.41, 5.74) is 2.90. The molecule has 2 aromatic carbocycles. The van der Waals surface area contributed by atoms with E-state index in [1.54, 1.807) is 18.3 Å². The van der Waals surface area contributed by atoms with E-state index in [0.29, 0.717) is 18.0 Å². The summed E-state index contributed by atoms with van der Waals surface area (Å²) in [6, 6.07) is 24.0. The van der Waals surface area contributed by atoms with Crippen LogP contribution in [0.5, 0.6) is 5.88 Å².